The topological polar surface area (TPSA) is 9.23 Å². The Labute approximate surface area is 153 Å². The molecule has 0 bridgehead atoms. The van der Waals surface area contributed by atoms with Crippen LogP contribution in [-0.2, 0) is 19.2 Å². The van der Waals surface area contributed by atoms with Crippen LogP contribution in [0.25, 0.3) is 0 Å². The summed E-state index contributed by atoms with van der Waals surface area (Å²) < 4.78 is 41.5. The molecule has 0 aliphatic heterocycles. The zero-order valence-corrected chi connectivity index (χ0v) is 17.4. The van der Waals surface area contributed by atoms with Crippen molar-refractivity contribution in [2.75, 3.05) is 0 Å². The van der Waals surface area contributed by atoms with Gasteiger partial charge in [-0.15, -0.1) is 0 Å². The van der Waals surface area contributed by atoms with Crippen molar-refractivity contribution in [2.24, 2.45) is 0 Å². The molecule has 23 heavy (non-hydrogen) atoms. The molecule has 1 nitrogen and oxygen atoms in total. The molecule has 1 aromatic rings. The molecule has 0 aromatic heterocycles. The summed E-state index contributed by atoms with van der Waals surface area (Å²) in [5, 5.41) is 0.507. The predicted molar refractivity (Wildman–Crippen MR) is 90.2 cm³/mol. The minimum absolute atomic E-state index is 0.173. The first-order valence-corrected chi connectivity index (χ1v) is 10.6. The summed E-state index contributed by atoms with van der Waals surface area (Å²) in [6.07, 6.45) is -4.70. The van der Waals surface area contributed by atoms with Gasteiger partial charge in [-0.1, -0.05) is 0 Å². The third kappa shape index (κ3) is 4.43. The van der Waals surface area contributed by atoms with Gasteiger partial charge < -0.3 is 0 Å². The van der Waals surface area contributed by atoms with Gasteiger partial charge >= 0.3 is 153 Å². The van der Waals surface area contributed by atoms with Gasteiger partial charge in [0.05, 0.1) is 0 Å². The number of alkyl halides is 4. The van der Waals surface area contributed by atoms with Gasteiger partial charge in [0.2, 0.25) is 0 Å². The Morgan fingerprint density at radius 3 is 1.87 bits per heavy atom. The Morgan fingerprint density at radius 1 is 1.04 bits per heavy atom. The Balaban J connectivity index is 3.60. The van der Waals surface area contributed by atoms with E-state index >= 15 is 0 Å². The fraction of sp³-hybridized carbons (Fsp3) is 0.625. The van der Waals surface area contributed by atoms with Crippen molar-refractivity contribution < 1.29 is 37.1 Å². The summed E-state index contributed by atoms with van der Waals surface area (Å²) in [6, 6.07) is 6.29. The van der Waals surface area contributed by atoms with Crippen molar-refractivity contribution in [3.8, 4) is 5.75 Å². The van der Waals surface area contributed by atoms with E-state index in [1.807, 2.05) is 6.07 Å². The molecule has 0 radical (unpaired) electrons. The van der Waals surface area contributed by atoms with Crippen LogP contribution < -0.4 is 10.0 Å². The van der Waals surface area contributed by atoms with E-state index in [1.165, 1.54) is 12.1 Å². The number of hydrogen-bond acceptors (Lipinski definition) is 1. The van der Waals surface area contributed by atoms with Gasteiger partial charge in [-0.3, -0.25) is 0 Å². The van der Waals surface area contributed by atoms with Crippen LogP contribution in [0.2, 0.25) is 0 Å². The normalized spacial score (nSPS) is 16.2. The molecule has 1 atom stereocenters. The van der Waals surface area contributed by atoms with Gasteiger partial charge in [0.1, 0.15) is 0 Å². The first-order chi connectivity index (χ1) is 10.1. The Bertz CT molecular complexity index is 533. The van der Waals surface area contributed by atoms with Crippen molar-refractivity contribution in [2.45, 2.75) is 61.8 Å². The molecule has 0 saturated carbocycles. The Hall–Kier alpha value is 0.192. The van der Waals surface area contributed by atoms with E-state index in [9.17, 15) is 13.2 Å². The molecular weight excluding hydrogens is 438 g/mol. The van der Waals surface area contributed by atoms with E-state index in [-0.39, 0.29) is 19.7 Å². The average Bonchev–Trinajstić information content (AvgIpc) is 2.22. The van der Waals surface area contributed by atoms with Crippen LogP contribution in [0.15, 0.2) is 24.3 Å². The number of rotatable bonds is 3. The van der Waals surface area contributed by atoms with Crippen LogP contribution in [0.1, 0.15) is 41.5 Å². The van der Waals surface area contributed by atoms with Gasteiger partial charge in [-0.05, 0) is 0 Å². The molecule has 0 spiro atoms. The molecule has 0 aliphatic rings. The molecule has 0 N–H and O–H groups in total. The fourth-order valence-electron chi connectivity index (χ4n) is 3.65. The summed E-state index contributed by atoms with van der Waals surface area (Å²) in [5.41, 5.74) is 0. The predicted octanol–water partition coefficient (Wildman–Crippen LogP) is 5.63. The van der Waals surface area contributed by atoms with Gasteiger partial charge in [0, 0.05) is 0 Å². The minimum atomic E-state index is -4.70. The van der Waals surface area contributed by atoms with Crippen LogP contribution in [0.4, 0.5) is 13.2 Å². The van der Waals surface area contributed by atoms with Crippen molar-refractivity contribution in [3.63, 3.8) is 0 Å². The number of hydrogen-bond donors (Lipinski definition) is 0. The Kier molecular flexibility index (Phi) is 6.31. The van der Waals surface area contributed by atoms with Gasteiger partial charge in [0.25, 0.3) is 0 Å². The summed E-state index contributed by atoms with van der Waals surface area (Å²) >= 11 is 9.86. The second-order valence-electron chi connectivity index (χ2n) is 7.65. The molecule has 0 fully saturated rings. The summed E-state index contributed by atoms with van der Waals surface area (Å²) in [5.74, 6) is -0.199. The van der Waals surface area contributed by atoms with Crippen LogP contribution in [0.3, 0.4) is 0 Å². The molecule has 1 unspecified atom stereocenters. The number of ether oxygens (including phenoxy) is 1. The second-order valence-corrected chi connectivity index (χ2v) is 16.4. The van der Waals surface area contributed by atoms with Crippen LogP contribution in [-0.4, -0.2) is 20.3 Å². The van der Waals surface area contributed by atoms with Gasteiger partial charge in [-0.2, -0.15) is 0 Å². The maximum atomic E-state index is 12.6. The van der Waals surface area contributed by atoms with Crippen LogP contribution >= 0.6 is 18.9 Å². The average molecular weight is 462 g/mol. The van der Waals surface area contributed by atoms with E-state index in [0.29, 0.717) is 0 Å². The first kappa shape index (κ1) is 21.2. The maximum absolute atomic E-state index is 12.6. The first-order valence-electron chi connectivity index (χ1n) is 7.24. The van der Waals surface area contributed by atoms with Gasteiger partial charge in [-0.25, -0.2) is 0 Å². The summed E-state index contributed by atoms with van der Waals surface area (Å²) in [4.78, 5) is 0. The quantitative estimate of drug-likeness (QED) is 0.322. The molecule has 0 saturated heterocycles. The third-order valence-electron chi connectivity index (χ3n) is 4.19. The molecule has 7 heteroatoms. The number of halogens is 4. The SMILES string of the molecule is CC(C)(C)[PH](c1cccc(OC(F)(F)F)c1)([CH](Cl)[Pd])C(C)(C)C. The number of benzene rings is 1. The van der Waals surface area contributed by atoms with E-state index in [2.05, 4.69) is 65.5 Å². The van der Waals surface area contributed by atoms with Gasteiger partial charge in [0.15, 0.2) is 0 Å². The summed E-state index contributed by atoms with van der Waals surface area (Å²) in [7, 11) is -2.51. The second kappa shape index (κ2) is 6.83. The molecule has 1 aromatic carbocycles. The van der Waals surface area contributed by atoms with Crippen molar-refractivity contribution in [1.29, 1.82) is 0 Å². The van der Waals surface area contributed by atoms with E-state index in [0.717, 1.165) is 5.30 Å². The monoisotopic (exact) mass is 461 g/mol. The molecular formula is C16H24ClF3OPPd. The zero-order valence-electron chi connectivity index (χ0n) is 14.1. The molecule has 1 rings (SSSR count). The summed E-state index contributed by atoms with van der Waals surface area (Å²) in [6.45, 7) is 12.6. The van der Waals surface area contributed by atoms with Crippen LogP contribution in [0, 0.1) is 0 Å². The van der Waals surface area contributed by atoms with E-state index < -0.39 is 13.6 Å². The van der Waals surface area contributed by atoms with Crippen LogP contribution in [0.5, 0.6) is 5.75 Å². The Morgan fingerprint density at radius 2 is 1.52 bits per heavy atom. The zero-order chi connectivity index (χ0) is 18.3. The molecule has 0 heterocycles. The molecule has 0 amide bonds. The fourth-order valence-corrected chi connectivity index (χ4v) is 16.9. The third-order valence-corrected chi connectivity index (χ3v) is 13.7. The van der Waals surface area contributed by atoms with E-state index in [4.69, 9.17) is 11.6 Å². The molecule has 0 aliphatic carbocycles. The van der Waals surface area contributed by atoms with Crippen molar-refractivity contribution >= 4 is 24.2 Å². The van der Waals surface area contributed by atoms with Crippen molar-refractivity contribution in [1.82, 2.24) is 0 Å². The molecule has 137 valence electrons. The van der Waals surface area contributed by atoms with E-state index in [1.54, 1.807) is 6.07 Å². The van der Waals surface area contributed by atoms with Crippen molar-refractivity contribution in [3.05, 3.63) is 24.3 Å². The standard InChI is InChI=1S/C16H24ClF3OP.Pd/c1-14(2,3)22(11-17,15(4,5)6)13-9-7-8-12(10-13)21-16(18,19)20;/h7-11,22H,1-6H3;.